The van der Waals surface area contributed by atoms with Gasteiger partial charge in [0.2, 0.25) is 5.76 Å². The predicted octanol–water partition coefficient (Wildman–Crippen LogP) is 4.36. The summed E-state index contributed by atoms with van der Waals surface area (Å²) >= 11 is 0. The molecule has 122 valence electrons. The fraction of sp³-hybridized carbons (Fsp3) is 0.333. The normalized spacial score (nSPS) is 11.3. The third kappa shape index (κ3) is 5.29. The molecule has 0 bridgehead atoms. The number of hydrogen-bond acceptors (Lipinski definition) is 4. The maximum Gasteiger partial charge on any atom is 0.273 e. The fourth-order valence-corrected chi connectivity index (χ4v) is 2.02. The molecule has 5 nitrogen and oxygen atoms in total. The van der Waals surface area contributed by atoms with Crippen LogP contribution in [0, 0.1) is 0 Å². The van der Waals surface area contributed by atoms with Crippen LogP contribution in [0.1, 0.15) is 44.1 Å². The molecule has 5 heteroatoms. The molecule has 2 rings (SSSR count). The second-order valence-electron chi connectivity index (χ2n) is 5.63. The largest absolute Gasteiger partial charge is 0.461 e. The third-order valence-electron chi connectivity index (χ3n) is 3.31. The summed E-state index contributed by atoms with van der Waals surface area (Å²) < 4.78 is 10.3. The highest BCUT2D eigenvalue weighted by Crippen LogP contribution is 2.20. The van der Waals surface area contributed by atoms with Crippen LogP contribution in [-0.2, 0) is 0 Å². The predicted molar refractivity (Wildman–Crippen MR) is 89.0 cm³/mol. The molecule has 2 aromatic rings. The Balaban J connectivity index is 1.82. The average Bonchev–Trinajstić information content (AvgIpc) is 3.17. The highest BCUT2D eigenvalue weighted by molar-refractivity contribution is 5.93. The molecule has 0 spiro atoms. The molecule has 1 N–H and O–H groups in total. The van der Waals surface area contributed by atoms with Gasteiger partial charge in [-0.1, -0.05) is 28.5 Å². The van der Waals surface area contributed by atoms with E-state index in [1.54, 1.807) is 24.5 Å². The monoisotopic (exact) mass is 314 g/mol. The van der Waals surface area contributed by atoms with Crippen molar-refractivity contribution in [1.29, 1.82) is 0 Å². The van der Waals surface area contributed by atoms with Crippen LogP contribution >= 0.6 is 0 Å². The molecule has 0 atom stereocenters. The number of allylic oxidation sites excluding steroid dienone is 3. The lowest BCUT2D eigenvalue weighted by atomic mass is 10.1. The molecule has 0 aliphatic carbocycles. The van der Waals surface area contributed by atoms with Crippen molar-refractivity contribution in [1.82, 2.24) is 10.5 Å². The summed E-state index contributed by atoms with van der Waals surface area (Å²) in [5, 5.41) is 6.57. The van der Waals surface area contributed by atoms with Gasteiger partial charge in [0, 0.05) is 12.6 Å². The topological polar surface area (TPSA) is 68.3 Å². The molecule has 0 unspecified atom stereocenters. The number of carbonyl (C=O) groups is 1. The van der Waals surface area contributed by atoms with Crippen molar-refractivity contribution >= 4 is 5.91 Å². The lowest BCUT2D eigenvalue weighted by Gasteiger charge is -2.01. The first-order valence-corrected chi connectivity index (χ1v) is 7.64. The molecule has 0 fully saturated rings. The van der Waals surface area contributed by atoms with E-state index in [1.165, 1.54) is 11.1 Å². The van der Waals surface area contributed by atoms with E-state index in [2.05, 4.69) is 37.3 Å². The van der Waals surface area contributed by atoms with Crippen LogP contribution in [0.3, 0.4) is 0 Å². The van der Waals surface area contributed by atoms with E-state index in [0.717, 1.165) is 12.8 Å². The van der Waals surface area contributed by atoms with Gasteiger partial charge in [-0.15, -0.1) is 0 Å². The highest BCUT2D eigenvalue weighted by atomic mass is 16.5. The van der Waals surface area contributed by atoms with Gasteiger partial charge in [0.1, 0.15) is 0 Å². The Bertz CT molecular complexity index is 690. The van der Waals surface area contributed by atoms with Gasteiger partial charge < -0.3 is 14.3 Å². The summed E-state index contributed by atoms with van der Waals surface area (Å²) in [6.07, 6.45) is 7.79. The molecular formula is C18H22N2O3. The quantitative estimate of drug-likeness (QED) is 0.771. The van der Waals surface area contributed by atoms with Crippen molar-refractivity contribution in [3.8, 4) is 11.5 Å². The van der Waals surface area contributed by atoms with Crippen molar-refractivity contribution in [2.75, 3.05) is 6.54 Å². The Morgan fingerprint density at radius 2 is 2.09 bits per heavy atom. The van der Waals surface area contributed by atoms with E-state index in [9.17, 15) is 4.79 Å². The van der Waals surface area contributed by atoms with E-state index in [0.29, 0.717) is 18.1 Å². The Kier molecular flexibility index (Phi) is 5.97. The number of carbonyl (C=O) groups excluding carboxylic acids is 1. The second kappa shape index (κ2) is 8.17. The van der Waals surface area contributed by atoms with Gasteiger partial charge in [-0.25, -0.2) is 0 Å². The molecule has 0 aromatic carbocycles. The van der Waals surface area contributed by atoms with Crippen LogP contribution in [0.15, 0.2) is 56.7 Å². The average molecular weight is 314 g/mol. The van der Waals surface area contributed by atoms with Gasteiger partial charge >= 0.3 is 0 Å². The maximum atomic E-state index is 12.0. The summed E-state index contributed by atoms with van der Waals surface area (Å²) in [4.78, 5) is 12.0. The number of nitrogens with one attached hydrogen (secondary N) is 1. The van der Waals surface area contributed by atoms with Crippen molar-refractivity contribution in [3.05, 3.63) is 53.5 Å². The minimum atomic E-state index is -0.264. The number of furan rings is 1. The Labute approximate surface area is 136 Å². The minimum absolute atomic E-state index is 0.243. The molecule has 0 radical (unpaired) electrons. The number of aromatic nitrogens is 1. The van der Waals surface area contributed by atoms with Gasteiger partial charge in [-0.2, -0.15) is 0 Å². The van der Waals surface area contributed by atoms with Crippen LogP contribution in [0.25, 0.3) is 11.5 Å². The first kappa shape index (κ1) is 16.8. The molecule has 0 saturated carbocycles. The van der Waals surface area contributed by atoms with E-state index >= 15 is 0 Å². The van der Waals surface area contributed by atoms with Gasteiger partial charge in [-0.05, 0) is 45.7 Å². The minimum Gasteiger partial charge on any atom is -0.461 e. The Morgan fingerprint density at radius 3 is 2.78 bits per heavy atom. The first-order chi connectivity index (χ1) is 11.1. The van der Waals surface area contributed by atoms with Crippen LogP contribution < -0.4 is 5.32 Å². The molecule has 1 amide bonds. The van der Waals surface area contributed by atoms with Crippen LogP contribution in [0.2, 0.25) is 0 Å². The molecule has 0 aliphatic heterocycles. The van der Waals surface area contributed by atoms with Crippen molar-refractivity contribution in [2.24, 2.45) is 0 Å². The maximum absolute atomic E-state index is 12.0. The SMILES string of the molecule is CC(C)=CCC/C(C)=C/CNC(=O)c1cc(-c2ccco2)on1. The summed E-state index contributed by atoms with van der Waals surface area (Å²) in [7, 11) is 0. The van der Waals surface area contributed by atoms with E-state index in [-0.39, 0.29) is 11.6 Å². The molecular weight excluding hydrogens is 292 g/mol. The second-order valence-corrected chi connectivity index (χ2v) is 5.63. The zero-order valence-electron chi connectivity index (χ0n) is 13.8. The van der Waals surface area contributed by atoms with Crippen molar-refractivity contribution in [2.45, 2.75) is 33.6 Å². The van der Waals surface area contributed by atoms with Crippen LogP contribution in [-0.4, -0.2) is 17.6 Å². The summed E-state index contributed by atoms with van der Waals surface area (Å²) in [5.41, 5.74) is 2.82. The van der Waals surface area contributed by atoms with Crippen LogP contribution in [0.5, 0.6) is 0 Å². The summed E-state index contributed by atoms with van der Waals surface area (Å²) in [5.74, 6) is 0.722. The number of amides is 1. The standard InChI is InChI=1S/C18H22N2O3/c1-13(2)6-4-7-14(3)9-10-19-18(21)15-12-17(23-20-15)16-8-5-11-22-16/h5-6,8-9,11-12H,4,7,10H2,1-3H3,(H,19,21)/b14-9+. The molecule has 23 heavy (non-hydrogen) atoms. The molecule has 0 aliphatic rings. The van der Waals surface area contributed by atoms with Gasteiger partial charge in [0.05, 0.1) is 6.26 Å². The van der Waals surface area contributed by atoms with E-state index in [4.69, 9.17) is 8.94 Å². The van der Waals surface area contributed by atoms with Gasteiger partial charge in [0.25, 0.3) is 5.91 Å². The van der Waals surface area contributed by atoms with E-state index in [1.807, 2.05) is 6.08 Å². The van der Waals surface area contributed by atoms with Crippen LogP contribution in [0.4, 0.5) is 0 Å². The van der Waals surface area contributed by atoms with Crippen molar-refractivity contribution in [3.63, 3.8) is 0 Å². The molecule has 2 heterocycles. The summed E-state index contributed by atoms with van der Waals surface area (Å²) in [6.45, 7) is 6.72. The van der Waals surface area contributed by atoms with Gasteiger partial charge in [-0.3, -0.25) is 4.79 Å². The molecule has 0 saturated heterocycles. The zero-order valence-corrected chi connectivity index (χ0v) is 13.8. The van der Waals surface area contributed by atoms with E-state index < -0.39 is 0 Å². The third-order valence-corrected chi connectivity index (χ3v) is 3.31. The smallest absolute Gasteiger partial charge is 0.273 e. The Hall–Kier alpha value is -2.56. The number of nitrogens with zero attached hydrogens (tertiary/aromatic N) is 1. The molecule has 2 aromatic heterocycles. The number of rotatable bonds is 7. The lowest BCUT2D eigenvalue weighted by molar-refractivity contribution is 0.0949. The fourth-order valence-electron chi connectivity index (χ4n) is 2.02. The van der Waals surface area contributed by atoms with Crippen molar-refractivity contribution < 1.29 is 13.7 Å². The lowest BCUT2D eigenvalue weighted by Crippen LogP contribution is -2.23. The number of hydrogen-bond donors (Lipinski definition) is 1. The van der Waals surface area contributed by atoms with Gasteiger partial charge in [0.15, 0.2) is 11.5 Å². The highest BCUT2D eigenvalue weighted by Gasteiger charge is 2.14. The summed E-state index contributed by atoms with van der Waals surface area (Å²) in [6, 6.07) is 5.07. The first-order valence-electron chi connectivity index (χ1n) is 7.64. The zero-order chi connectivity index (χ0) is 16.7. The Morgan fingerprint density at radius 1 is 1.26 bits per heavy atom.